The minimum atomic E-state index is -1.49. The number of anilines is 1. The maximum atomic E-state index is 13.1. The Hall–Kier alpha value is -3.80. The van der Waals surface area contributed by atoms with Crippen LogP contribution in [0.2, 0.25) is 0 Å². The molecule has 0 aliphatic carbocycles. The molecule has 0 saturated carbocycles. The van der Waals surface area contributed by atoms with Crippen LogP contribution in [0.5, 0.6) is 0 Å². The van der Waals surface area contributed by atoms with Gasteiger partial charge in [0.1, 0.15) is 25.4 Å². The number of carbonyl (C=O) groups excluding carboxylic acids is 3. The average molecular weight is 671 g/mol. The zero-order chi connectivity index (χ0) is 33.5. The molecule has 45 heavy (non-hydrogen) atoms. The molecule has 0 amide bonds. The van der Waals surface area contributed by atoms with Crippen molar-refractivity contribution in [2.24, 2.45) is 0 Å². The van der Waals surface area contributed by atoms with E-state index in [2.05, 4.69) is 11.3 Å². The Bertz CT molecular complexity index is 1490. The van der Waals surface area contributed by atoms with Gasteiger partial charge in [0.2, 0.25) is 0 Å². The van der Waals surface area contributed by atoms with Crippen molar-refractivity contribution in [3.05, 3.63) is 73.9 Å². The van der Waals surface area contributed by atoms with Gasteiger partial charge >= 0.3 is 35.0 Å². The number of aliphatic hydroxyl groups is 2. The first-order valence-electron chi connectivity index (χ1n) is 13.7. The summed E-state index contributed by atoms with van der Waals surface area (Å²) in [6, 6.07) is 6.52. The van der Waals surface area contributed by atoms with E-state index in [9.17, 15) is 39.0 Å². The lowest BCUT2D eigenvalue weighted by molar-refractivity contribution is -0.146. The topological polar surface area (TPSA) is 189 Å². The smallest absolute Gasteiger partial charge is 0.338 e. The summed E-state index contributed by atoms with van der Waals surface area (Å²) in [5, 5.41) is 20.9. The van der Waals surface area contributed by atoms with Crippen molar-refractivity contribution in [2.75, 3.05) is 50.8 Å². The summed E-state index contributed by atoms with van der Waals surface area (Å²) in [5.41, 5.74) is -2.10. The van der Waals surface area contributed by atoms with E-state index in [1.165, 1.54) is 34.8 Å². The fourth-order valence-electron chi connectivity index (χ4n) is 3.69. The van der Waals surface area contributed by atoms with E-state index in [4.69, 9.17) is 9.47 Å². The molecule has 1 aromatic heterocycles. The van der Waals surface area contributed by atoms with Gasteiger partial charge in [0.05, 0.1) is 45.1 Å². The van der Waals surface area contributed by atoms with Crippen LogP contribution in [0, 0.1) is 0 Å². The van der Waals surface area contributed by atoms with Crippen LogP contribution in [0.1, 0.15) is 23.2 Å². The monoisotopic (exact) mass is 670 g/mol. The molecule has 2 atom stereocenters. The predicted molar refractivity (Wildman–Crippen MR) is 170 cm³/mol. The largest absolute Gasteiger partial charge is 0.469 e. The summed E-state index contributed by atoms with van der Waals surface area (Å²) >= 11 is 0. The van der Waals surface area contributed by atoms with E-state index in [-0.39, 0.29) is 30.9 Å². The summed E-state index contributed by atoms with van der Waals surface area (Å²) in [6.07, 6.45) is -1.46. The Morgan fingerprint density at radius 1 is 0.844 bits per heavy atom. The number of rotatable bonds is 19. The van der Waals surface area contributed by atoms with Gasteiger partial charge in [0.15, 0.2) is 0 Å². The lowest BCUT2D eigenvalue weighted by Crippen LogP contribution is -2.56. The molecule has 2 N–H and O–H groups in total. The Morgan fingerprint density at radius 2 is 1.33 bits per heavy atom. The summed E-state index contributed by atoms with van der Waals surface area (Å²) < 4.78 is 16.6. The van der Waals surface area contributed by atoms with Crippen molar-refractivity contribution in [1.29, 1.82) is 0 Å². The maximum absolute atomic E-state index is 13.1. The quantitative estimate of drug-likeness (QED) is 0.0662. The second-order valence-corrected chi connectivity index (χ2v) is 12.4. The van der Waals surface area contributed by atoms with Gasteiger partial charge in [0, 0.05) is 31.3 Å². The third kappa shape index (κ3) is 11.9. The number of nitrogens with zero attached hydrogens (tertiary/aromatic N) is 4. The van der Waals surface area contributed by atoms with Crippen molar-refractivity contribution in [2.45, 2.75) is 44.7 Å². The van der Waals surface area contributed by atoms with Crippen LogP contribution in [0.25, 0.3) is 0 Å². The van der Waals surface area contributed by atoms with Gasteiger partial charge < -0.3 is 29.3 Å². The van der Waals surface area contributed by atoms with Crippen molar-refractivity contribution < 1.29 is 38.8 Å². The molecular weight excluding hydrogens is 632 g/mol. The third-order valence-electron chi connectivity index (χ3n) is 6.04. The third-order valence-corrected chi connectivity index (χ3v) is 8.44. The molecular formula is C28H38N4O11S2. The summed E-state index contributed by atoms with van der Waals surface area (Å²) in [7, 11) is 7.73. The lowest BCUT2D eigenvalue weighted by atomic mass is 10.2. The molecule has 0 aliphatic heterocycles. The van der Waals surface area contributed by atoms with Crippen LogP contribution in [0.4, 0.5) is 5.69 Å². The van der Waals surface area contributed by atoms with Crippen molar-refractivity contribution in [1.82, 2.24) is 13.7 Å². The van der Waals surface area contributed by atoms with E-state index < -0.39 is 67.5 Å². The molecule has 0 radical (unpaired) electrons. The normalized spacial score (nSPS) is 12.2. The molecule has 2 aromatic rings. The summed E-state index contributed by atoms with van der Waals surface area (Å²) in [4.78, 5) is 76.3. The number of ether oxygens (including phenoxy) is 3. The Balaban J connectivity index is 2.02. The summed E-state index contributed by atoms with van der Waals surface area (Å²) in [5.74, 6) is -0.782. The number of carbonyl (C=O) groups is 3. The average Bonchev–Trinajstić information content (AvgIpc) is 3.02. The minimum absolute atomic E-state index is 0.0173. The van der Waals surface area contributed by atoms with Crippen LogP contribution >= 0.6 is 21.6 Å². The first-order valence-corrected chi connectivity index (χ1v) is 16.2. The standard InChI is InChI=1S/C28H38N4O11S2/c1-5-12-30-26(38)31(15-21(33)17-42-24(36)11-14-45-44-13-10-23(35)41-4)28(40)32(27(30)39)16-22(34)18-43-25(37)19-6-8-20(9-7-19)29(2)3/h5-9,21-22,33-34H,1,10-18H2,2-4H3. The van der Waals surface area contributed by atoms with Crippen LogP contribution < -0.4 is 22.0 Å². The molecule has 1 heterocycles. The molecule has 0 fully saturated rings. The SMILES string of the molecule is C=CCn1c(=O)n(CC(O)COC(=O)CCSSCCC(=O)OC)c(=O)n(CC(O)COC(=O)c2ccc(N(C)C)cc2)c1=O. The number of esters is 3. The molecule has 0 saturated heterocycles. The van der Waals surface area contributed by atoms with Crippen LogP contribution in [0.3, 0.4) is 0 Å². The molecule has 1 aromatic carbocycles. The van der Waals surface area contributed by atoms with Gasteiger partial charge in [-0.15, -0.1) is 6.58 Å². The van der Waals surface area contributed by atoms with E-state index in [1.54, 1.807) is 24.3 Å². The Labute approximate surface area is 266 Å². The molecule has 248 valence electrons. The highest BCUT2D eigenvalue weighted by molar-refractivity contribution is 8.76. The van der Waals surface area contributed by atoms with Crippen LogP contribution in [0.15, 0.2) is 51.3 Å². The van der Waals surface area contributed by atoms with E-state index in [0.29, 0.717) is 25.2 Å². The highest BCUT2D eigenvalue weighted by atomic mass is 33.1. The first kappa shape index (κ1) is 37.4. The number of aliphatic hydroxyl groups excluding tert-OH is 2. The van der Waals surface area contributed by atoms with Gasteiger partial charge in [-0.3, -0.25) is 9.59 Å². The van der Waals surface area contributed by atoms with Gasteiger partial charge in [-0.05, 0) is 24.3 Å². The number of methoxy groups -OCH3 is 1. The van der Waals surface area contributed by atoms with Crippen molar-refractivity contribution >= 4 is 45.2 Å². The molecule has 2 unspecified atom stereocenters. The first-order chi connectivity index (χ1) is 21.4. The second-order valence-electron chi connectivity index (χ2n) is 9.72. The number of aromatic nitrogens is 3. The fraction of sp³-hybridized carbons (Fsp3) is 0.500. The predicted octanol–water partition coefficient (Wildman–Crippen LogP) is -0.120. The molecule has 2 rings (SSSR count). The van der Waals surface area contributed by atoms with E-state index in [0.717, 1.165) is 5.69 Å². The lowest BCUT2D eigenvalue weighted by Gasteiger charge is -2.18. The van der Waals surface area contributed by atoms with Crippen molar-refractivity contribution in [3.63, 3.8) is 0 Å². The van der Waals surface area contributed by atoms with Crippen LogP contribution in [-0.4, -0.2) is 100.0 Å². The Kier molecular flexibility index (Phi) is 15.7. The number of hydrogen-bond acceptors (Lipinski definition) is 14. The highest BCUT2D eigenvalue weighted by Crippen LogP contribution is 2.23. The van der Waals surface area contributed by atoms with E-state index in [1.807, 2.05) is 19.0 Å². The second kappa shape index (κ2) is 18.9. The molecule has 0 bridgehead atoms. The number of benzene rings is 1. The maximum Gasteiger partial charge on any atom is 0.338 e. The Morgan fingerprint density at radius 3 is 1.82 bits per heavy atom. The van der Waals surface area contributed by atoms with E-state index >= 15 is 0 Å². The molecule has 17 heteroatoms. The summed E-state index contributed by atoms with van der Waals surface area (Å²) in [6.45, 7) is 0.907. The van der Waals surface area contributed by atoms with Gasteiger partial charge in [0.25, 0.3) is 0 Å². The fourth-order valence-corrected chi connectivity index (χ4v) is 5.63. The zero-order valence-corrected chi connectivity index (χ0v) is 26.9. The minimum Gasteiger partial charge on any atom is -0.469 e. The van der Waals surface area contributed by atoms with Gasteiger partial charge in [-0.1, -0.05) is 27.7 Å². The number of allylic oxidation sites excluding steroid dienone is 1. The van der Waals surface area contributed by atoms with Gasteiger partial charge in [-0.25, -0.2) is 32.9 Å². The molecule has 0 aliphatic rings. The van der Waals surface area contributed by atoms with Crippen LogP contribution in [-0.2, 0) is 43.4 Å². The van der Waals surface area contributed by atoms with Gasteiger partial charge in [-0.2, -0.15) is 0 Å². The number of hydrogen-bond donors (Lipinski definition) is 2. The zero-order valence-electron chi connectivity index (χ0n) is 25.3. The molecule has 0 spiro atoms. The highest BCUT2D eigenvalue weighted by Gasteiger charge is 2.21. The van der Waals surface area contributed by atoms with Crippen molar-refractivity contribution in [3.8, 4) is 0 Å². The molecule has 15 nitrogen and oxygen atoms in total.